The molecule has 140 valence electrons. The lowest BCUT2D eigenvalue weighted by molar-refractivity contribution is 0.246. The Morgan fingerprint density at radius 3 is 1.77 bits per heavy atom. The molecular weight excluding hydrogens is 332 g/mol. The molecule has 2 rings (SSSR count). The zero-order valence-electron chi connectivity index (χ0n) is 17.3. The third-order valence-corrected chi connectivity index (χ3v) is 9.93. The Morgan fingerprint density at radius 1 is 0.923 bits per heavy atom. The molecule has 0 heterocycles. The molecule has 0 radical (unpaired) electrons. The van der Waals surface area contributed by atoms with Gasteiger partial charge >= 0.3 is 0 Å². The second-order valence-electron chi connectivity index (χ2n) is 8.60. The number of benzene rings is 2. The molecule has 1 nitrogen and oxygen atoms in total. The molecule has 2 heteroatoms. The van der Waals surface area contributed by atoms with Gasteiger partial charge in [0.15, 0.2) is 0 Å². The Labute approximate surface area is 161 Å². The van der Waals surface area contributed by atoms with Gasteiger partial charge in [-0.3, -0.25) is 0 Å². The highest BCUT2D eigenvalue weighted by atomic mass is 28.4. The van der Waals surface area contributed by atoms with Crippen LogP contribution in [0.1, 0.15) is 48.0 Å². The standard InChI is InChI=1S/C24H34OSi/c1-20(2)17-18-21(3)19-25-26(24(4,5)6,22-13-9-7-10-14-22)23-15-11-8-12-16-23/h7-17,21H,18-19H2,1-6H3. The van der Waals surface area contributed by atoms with E-state index >= 15 is 0 Å². The highest BCUT2D eigenvalue weighted by Crippen LogP contribution is 2.37. The van der Waals surface area contributed by atoms with Crippen LogP contribution in [0, 0.1) is 5.92 Å². The van der Waals surface area contributed by atoms with Crippen molar-refractivity contribution in [3.05, 3.63) is 72.3 Å². The number of rotatable bonds is 7. The monoisotopic (exact) mass is 366 g/mol. The topological polar surface area (TPSA) is 9.23 Å². The Hall–Kier alpha value is -1.64. The van der Waals surface area contributed by atoms with Crippen LogP contribution < -0.4 is 10.4 Å². The van der Waals surface area contributed by atoms with Crippen LogP contribution in [0.4, 0.5) is 0 Å². The van der Waals surface area contributed by atoms with E-state index in [1.54, 1.807) is 0 Å². The maximum atomic E-state index is 6.97. The van der Waals surface area contributed by atoms with E-state index in [0.29, 0.717) is 5.92 Å². The molecule has 1 atom stereocenters. The van der Waals surface area contributed by atoms with E-state index in [0.717, 1.165) is 13.0 Å². The first kappa shape index (κ1) is 20.7. The van der Waals surface area contributed by atoms with E-state index in [9.17, 15) is 0 Å². The highest BCUT2D eigenvalue weighted by molar-refractivity contribution is 6.99. The van der Waals surface area contributed by atoms with Crippen LogP contribution in [0.15, 0.2) is 72.3 Å². The van der Waals surface area contributed by atoms with Gasteiger partial charge in [0, 0.05) is 6.61 Å². The fraction of sp³-hybridized carbons (Fsp3) is 0.417. The van der Waals surface area contributed by atoms with Gasteiger partial charge in [-0.25, -0.2) is 0 Å². The minimum Gasteiger partial charge on any atom is -0.407 e. The predicted octanol–water partition coefficient (Wildman–Crippen LogP) is 5.56. The third-order valence-electron chi connectivity index (χ3n) is 4.93. The smallest absolute Gasteiger partial charge is 0.261 e. The summed E-state index contributed by atoms with van der Waals surface area (Å²) in [5, 5.41) is 2.76. The lowest BCUT2D eigenvalue weighted by Crippen LogP contribution is -2.66. The summed E-state index contributed by atoms with van der Waals surface area (Å²) in [6.07, 6.45) is 3.39. The average molecular weight is 367 g/mol. The molecular formula is C24H34OSi. The van der Waals surface area contributed by atoms with E-state index in [4.69, 9.17) is 4.43 Å². The number of allylic oxidation sites excluding steroid dienone is 2. The van der Waals surface area contributed by atoms with E-state index in [2.05, 4.69) is 108 Å². The molecule has 0 saturated carbocycles. The molecule has 0 N–H and O–H groups in total. The van der Waals surface area contributed by atoms with Crippen molar-refractivity contribution >= 4 is 18.7 Å². The van der Waals surface area contributed by atoms with Gasteiger partial charge in [0.1, 0.15) is 0 Å². The van der Waals surface area contributed by atoms with Gasteiger partial charge in [0.05, 0.1) is 0 Å². The van der Waals surface area contributed by atoms with Crippen LogP contribution in [0.5, 0.6) is 0 Å². The zero-order valence-corrected chi connectivity index (χ0v) is 18.3. The van der Waals surface area contributed by atoms with Crippen molar-refractivity contribution in [2.24, 2.45) is 5.92 Å². The summed E-state index contributed by atoms with van der Waals surface area (Å²) in [5.74, 6) is 0.506. The van der Waals surface area contributed by atoms with E-state index < -0.39 is 8.32 Å². The Balaban J connectivity index is 2.46. The Morgan fingerprint density at radius 2 is 1.38 bits per heavy atom. The summed E-state index contributed by atoms with van der Waals surface area (Å²) in [6, 6.07) is 21.8. The van der Waals surface area contributed by atoms with Gasteiger partial charge in [-0.15, -0.1) is 0 Å². The van der Waals surface area contributed by atoms with Gasteiger partial charge in [-0.1, -0.05) is 100 Å². The van der Waals surface area contributed by atoms with Gasteiger partial charge in [0.25, 0.3) is 8.32 Å². The van der Waals surface area contributed by atoms with Crippen LogP contribution in [0.25, 0.3) is 0 Å². The Kier molecular flexibility index (Phi) is 7.02. The minimum absolute atomic E-state index is 0.0476. The molecule has 0 amide bonds. The molecule has 0 bridgehead atoms. The summed E-state index contributed by atoms with van der Waals surface area (Å²) in [6.45, 7) is 14.4. The molecule has 0 fully saturated rings. The van der Waals surface area contributed by atoms with E-state index in [1.807, 2.05) is 0 Å². The number of hydrogen-bond acceptors (Lipinski definition) is 1. The van der Waals surface area contributed by atoms with Gasteiger partial charge in [-0.05, 0) is 41.6 Å². The molecule has 0 aliphatic rings. The van der Waals surface area contributed by atoms with Crippen LogP contribution >= 0.6 is 0 Å². The molecule has 2 aromatic rings. The van der Waals surface area contributed by atoms with Crippen molar-refractivity contribution in [3.63, 3.8) is 0 Å². The first-order valence-corrected chi connectivity index (χ1v) is 11.6. The summed E-state index contributed by atoms with van der Waals surface area (Å²) >= 11 is 0. The largest absolute Gasteiger partial charge is 0.407 e. The third kappa shape index (κ3) is 4.75. The second-order valence-corrected chi connectivity index (χ2v) is 12.9. The van der Waals surface area contributed by atoms with Crippen molar-refractivity contribution < 1.29 is 4.43 Å². The zero-order chi connectivity index (χ0) is 19.2. The van der Waals surface area contributed by atoms with Crippen molar-refractivity contribution in [1.29, 1.82) is 0 Å². The van der Waals surface area contributed by atoms with Crippen molar-refractivity contribution in [2.75, 3.05) is 6.61 Å². The summed E-state index contributed by atoms with van der Waals surface area (Å²) in [5.41, 5.74) is 1.38. The number of hydrogen-bond donors (Lipinski definition) is 0. The van der Waals surface area contributed by atoms with Gasteiger partial charge in [0.2, 0.25) is 0 Å². The summed E-state index contributed by atoms with van der Waals surface area (Å²) in [7, 11) is -2.39. The molecule has 0 aromatic heterocycles. The quantitative estimate of drug-likeness (QED) is 0.461. The van der Waals surface area contributed by atoms with E-state index in [1.165, 1.54) is 15.9 Å². The van der Waals surface area contributed by atoms with Gasteiger partial charge in [-0.2, -0.15) is 0 Å². The van der Waals surface area contributed by atoms with Crippen LogP contribution in [-0.2, 0) is 4.43 Å². The first-order valence-electron chi connectivity index (χ1n) is 9.65. The van der Waals surface area contributed by atoms with Gasteiger partial charge < -0.3 is 4.43 Å². The molecule has 0 spiro atoms. The molecule has 0 aliphatic carbocycles. The Bertz CT molecular complexity index is 654. The normalized spacial score (nSPS) is 13.3. The molecule has 0 aliphatic heterocycles. The average Bonchev–Trinajstić information content (AvgIpc) is 2.61. The highest BCUT2D eigenvalue weighted by Gasteiger charge is 2.50. The lowest BCUT2D eigenvalue weighted by Gasteiger charge is -2.43. The maximum Gasteiger partial charge on any atom is 0.261 e. The van der Waals surface area contributed by atoms with Crippen LogP contribution in [-0.4, -0.2) is 14.9 Å². The molecule has 2 aromatic carbocycles. The second kappa shape index (κ2) is 8.83. The first-order chi connectivity index (χ1) is 12.3. The van der Waals surface area contributed by atoms with Crippen molar-refractivity contribution in [3.8, 4) is 0 Å². The maximum absolute atomic E-state index is 6.97. The van der Waals surface area contributed by atoms with Crippen molar-refractivity contribution in [2.45, 2.75) is 53.0 Å². The molecule has 26 heavy (non-hydrogen) atoms. The van der Waals surface area contributed by atoms with Crippen LogP contribution in [0.2, 0.25) is 5.04 Å². The summed E-state index contributed by atoms with van der Waals surface area (Å²) < 4.78 is 6.97. The fourth-order valence-electron chi connectivity index (χ4n) is 3.53. The SMILES string of the molecule is CC(C)=CCC(C)CO[Si](c1ccccc1)(c1ccccc1)C(C)(C)C. The van der Waals surface area contributed by atoms with Crippen molar-refractivity contribution in [1.82, 2.24) is 0 Å². The lowest BCUT2D eigenvalue weighted by atomic mass is 10.1. The predicted molar refractivity (Wildman–Crippen MR) is 117 cm³/mol. The fourth-order valence-corrected chi connectivity index (χ4v) is 8.22. The molecule has 1 unspecified atom stereocenters. The van der Waals surface area contributed by atoms with Crippen LogP contribution in [0.3, 0.4) is 0 Å². The van der Waals surface area contributed by atoms with E-state index in [-0.39, 0.29) is 5.04 Å². The minimum atomic E-state index is -2.39. The molecule has 0 saturated heterocycles. The summed E-state index contributed by atoms with van der Waals surface area (Å²) in [4.78, 5) is 0.